The highest BCUT2D eigenvalue weighted by molar-refractivity contribution is 8.00. The lowest BCUT2D eigenvalue weighted by atomic mass is 10.0. The third-order valence-electron chi connectivity index (χ3n) is 2.78. The van der Waals surface area contributed by atoms with E-state index in [9.17, 15) is 0 Å². The molecular formula is C12H16N2O2S. The largest absolute Gasteiger partial charge is 0.409 e. The second-order valence-corrected chi connectivity index (χ2v) is 5.31. The van der Waals surface area contributed by atoms with Crippen LogP contribution in [0.25, 0.3) is 0 Å². The number of nitrogens with zero attached hydrogens (tertiary/aromatic N) is 1. The lowest BCUT2D eigenvalue weighted by Crippen LogP contribution is -2.32. The second kappa shape index (κ2) is 5.93. The lowest BCUT2D eigenvalue weighted by Gasteiger charge is -2.27. The van der Waals surface area contributed by atoms with Crippen LogP contribution in [0.4, 0.5) is 0 Å². The van der Waals surface area contributed by atoms with Crippen molar-refractivity contribution in [1.82, 2.24) is 0 Å². The number of oxime groups is 1. The van der Waals surface area contributed by atoms with E-state index in [1.54, 1.807) is 0 Å². The molecule has 1 unspecified atom stereocenters. The average molecular weight is 252 g/mol. The minimum absolute atomic E-state index is 0.0354. The molecule has 1 aromatic carbocycles. The van der Waals surface area contributed by atoms with Crippen LogP contribution >= 0.6 is 11.8 Å². The lowest BCUT2D eigenvalue weighted by molar-refractivity contribution is 0.0455. The SMILES string of the molecule is NC(=NO)C(CSC1COC1)c1ccccc1. The van der Waals surface area contributed by atoms with Gasteiger partial charge in [0.1, 0.15) is 5.84 Å². The summed E-state index contributed by atoms with van der Waals surface area (Å²) in [6, 6.07) is 9.88. The fraction of sp³-hybridized carbons (Fsp3) is 0.417. The fourth-order valence-corrected chi connectivity index (χ4v) is 2.86. The number of nitrogens with two attached hydrogens (primary N) is 1. The van der Waals surface area contributed by atoms with Crippen molar-refractivity contribution < 1.29 is 9.94 Å². The number of benzene rings is 1. The van der Waals surface area contributed by atoms with E-state index >= 15 is 0 Å². The van der Waals surface area contributed by atoms with Crippen molar-refractivity contribution >= 4 is 17.6 Å². The van der Waals surface area contributed by atoms with E-state index in [0.717, 1.165) is 24.5 Å². The molecule has 2 rings (SSSR count). The van der Waals surface area contributed by atoms with Gasteiger partial charge in [-0.2, -0.15) is 11.8 Å². The summed E-state index contributed by atoms with van der Waals surface area (Å²) < 4.78 is 5.13. The Balaban J connectivity index is 2.02. The maximum atomic E-state index is 8.83. The van der Waals surface area contributed by atoms with E-state index in [2.05, 4.69) is 5.16 Å². The highest BCUT2D eigenvalue weighted by Gasteiger charge is 2.23. The molecule has 4 nitrogen and oxygen atoms in total. The molecular weight excluding hydrogens is 236 g/mol. The minimum Gasteiger partial charge on any atom is -0.409 e. The Hall–Kier alpha value is -1.20. The van der Waals surface area contributed by atoms with Gasteiger partial charge in [0.25, 0.3) is 0 Å². The minimum atomic E-state index is -0.0354. The predicted octanol–water partition coefficient (Wildman–Crippen LogP) is 1.65. The van der Waals surface area contributed by atoms with Crippen LogP contribution in [0.5, 0.6) is 0 Å². The first-order valence-electron chi connectivity index (χ1n) is 5.53. The molecule has 1 aromatic rings. The highest BCUT2D eigenvalue weighted by atomic mass is 32.2. The molecule has 5 heteroatoms. The second-order valence-electron chi connectivity index (χ2n) is 3.98. The first-order valence-corrected chi connectivity index (χ1v) is 6.58. The van der Waals surface area contributed by atoms with Crippen LogP contribution < -0.4 is 5.73 Å². The van der Waals surface area contributed by atoms with E-state index in [1.807, 2.05) is 42.1 Å². The molecule has 92 valence electrons. The van der Waals surface area contributed by atoms with E-state index in [4.69, 9.17) is 15.7 Å². The van der Waals surface area contributed by atoms with Gasteiger partial charge < -0.3 is 15.7 Å². The van der Waals surface area contributed by atoms with Gasteiger partial charge in [0, 0.05) is 5.75 Å². The van der Waals surface area contributed by atoms with Crippen molar-refractivity contribution in [2.75, 3.05) is 19.0 Å². The van der Waals surface area contributed by atoms with Crippen molar-refractivity contribution in [3.63, 3.8) is 0 Å². The molecule has 1 fully saturated rings. The number of rotatable bonds is 5. The van der Waals surface area contributed by atoms with E-state index in [-0.39, 0.29) is 11.8 Å². The molecule has 1 aliphatic heterocycles. The number of hydrogen-bond acceptors (Lipinski definition) is 4. The zero-order valence-electron chi connectivity index (χ0n) is 9.45. The van der Waals surface area contributed by atoms with Crippen LogP contribution in [-0.4, -0.2) is 35.3 Å². The molecule has 17 heavy (non-hydrogen) atoms. The first-order chi connectivity index (χ1) is 8.31. The van der Waals surface area contributed by atoms with Gasteiger partial charge in [-0.3, -0.25) is 0 Å². The quantitative estimate of drug-likeness (QED) is 0.362. The summed E-state index contributed by atoms with van der Waals surface area (Å²) in [5, 5.41) is 12.5. The molecule has 0 aromatic heterocycles. The van der Waals surface area contributed by atoms with Crippen molar-refractivity contribution in [3.8, 4) is 0 Å². The van der Waals surface area contributed by atoms with Crippen LogP contribution in [0.15, 0.2) is 35.5 Å². The summed E-state index contributed by atoms with van der Waals surface area (Å²) in [5.41, 5.74) is 6.83. The van der Waals surface area contributed by atoms with E-state index < -0.39 is 0 Å². The third-order valence-corrected chi connectivity index (χ3v) is 4.05. The smallest absolute Gasteiger partial charge is 0.147 e. The fourth-order valence-electron chi connectivity index (χ4n) is 1.65. The highest BCUT2D eigenvalue weighted by Crippen LogP contribution is 2.26. The predicted molar refractivity (Wildman–Crippen MR) is 69.7 cm³/mol. The Kier molecular flexibility index (Phi) is 4.28. The molecule has 0 aliphatic carbocycles. The molecule has 1 atom stereocenters. The Morgan fingerprint density at radius 2 is 2.18 bits per heavy atom. The zero-order chi connectivity index (χ0) is 12.1. The van der Waals surface area contributed by atoms with Gasteiger partial charge in [-0.25, -0.2) is 0 Å². The van der Waals surface area contributed by atoms with Crippen LogP contribution in [0, 0.1) is 0 Å². The Morgan fingerprint density at radius 3 is 2.71 bits per heavy atom. The number of amidine groups is 1. The van der Waals surface area contributed by atoms with Gasteiger partial charge in [0.2, 0.25) is 0 Å². The van der Waals surface area contributed by atoms with Crippen molar-refractivity contribution in [2.45, 2.75) is 11.2 Å². The topological polar surface area (TPSA) is 67.8 Å². The summed E-state index contributed by atoms with van der Waals surface area (Å²) in [4.78, 5) is 0. The van der Waals surface area contributed by atoms with Crippen molar-refractivity contribution in [1.29, 1.82) is 0 Å². The van der Waals surface area contributed by atoms with Gasteiger partial charge in [-0.1, -0.05) is 35.5 Å². The first kappa shape index (κ1) is 12.3. The maximum absolute atomic E-state index is 8.83. The third kappa shape index (κ3) is 3.14. The summed E-state index contributed by atoms with van der Waals surface area (Å²) in [5.74, 6) is 1.05. The standard InChI is InChI=1S/C12H16N2O2S/c13-12(14-15)11(8-17-10-6-16-7-10)9-4-2-1-3-5-9/h1-5,10-11,15H,6-8H2,(H2,13,14). The van der Waals surface area contributed by atoms with Crippen LogP contribution in [0.1, 0.15) is 11.5 Å². The molecule has 3 N–H and O–H groups in total. The summed E-state index contributed by atoms with van der Waals surface area (Å²) in [7, 11) is 0. The van der Waals surface area contributed by atoms with Crippen LogP contribution in [0.3, 0.4) is 0 Å². The average Bonchev–Trinajstić information content (AvgIpc) is 2.32. The number of thioether (sulfide) groups is 1. The maximum Gasteiger partial charge on any atom is 0.147 e. The molecule has 0 radical (unpaired) electrons. The Labute approximate surface area is 105 Å². The zero-order valence-corrected chi connectivity index (χ0v) is 10.3. The molecule has 0 spiro atoms. The van der Waals surface area contributed by atoms with Gasteiger partial charge in [0.15, 0.2) is 0 Å². The van der Waals surface area contributed by atoms with Gasteiger partial charge in [0.05, 0.1) is 24.4 Å². The summed E-state index contributed by atoms with van der Waals surface area (Å²) in [6.07, 6.45) is 0. The monoisotopic (exact) mass is 252 g/mol. The number of ether oxygens (including phenoxy) is 1. The molecule has 1 saturated heterocycles. The van der Waals surface area contributed by atoms with Crippen LogP contribution in [-0.2, 0) is 4.74 Å². The molecule has 1 heterocycles. The number of hydrogen-bond donors (Lipinski definition) is 2. The summed E-state index contributed by atoms with van der Waals surface area (Å²) in [6.45, 7) is 1.62. The summed E-state index contributed by atoms with van der Waals surface area (Å²) >= 11 is 1.81. The van der Waals surface area contributed by atoms with Crippen LogP contribution in [0.2, 0.25) is 0 Å². The normalized spacial score (nSPS) is 18.7. The van der Waals surface area contributed by atoms with E-state index in [1.165, 1.54) is 0 Å². The Bertz CT molecular complexity index is 379. The Morgan fingerprint density at radius 1 is 1.47 bits per heavy atom. The van der Waals surface area contributed by atoms with Gasteiger partial charge in [-0.05, 0) is 5.56 Å². The van der Waals surface area contributed by atoms with E-state index in [0.29, 0.717) is 5.25 Å². The molecule has 0 saturated carbocycles. The molecule has 0 bridgehead atoms. The molecule has 1 aliphatic rings. The van der Waals surface area contributed by atoms with Crippen molar-refractivity contribution in [3.05, 3.63) is 35.9 Å². The van der Waals surface area contributed by atoms with Gasteiger partial charge >= 0.3 is 0 Å². The van der Waals surface area contributed by atoms with Gasteiger partial charge in [-0.15, -0.1) is 0 Å². The van der Waals surface area contributed by atoms with Crippen molar-refractivity contribution in [2.24, 2.45) is 10.9 Å². The molecule has 0 amide bonds.